The van der Waals surface area contributed by atoms with Crippen LogP contribution in [0, 0.1) is 0 Å². The van der Waals surface area contributed by atoms with Crippen LogP contribution in [0.5, 0.6) is 0 Å². The van der Waals surface area contributed by atoms with Gasteiger partial charge in [-0.15, -0.1) is 0 Å². The zero-order valence-electron chi connectivity index (χ0n) is 10.1. The highest BCUT2D eigenvalue weighted by molar-refractivity contribution is 7.89. The van der Waals surface area contributed by atoms with Crippen LogP contribution in [0.2, 0.25) is 0 Å². The van der Waals surface area contributed by atoms with Crippen molar-refractivity contribution in [2.45, 2.75) is 17.7 Å². The average Bonchev–Trinajstić information content (AvgIpc) is 2.64. The van der Waals surface area contributed by atoms with Gasteiger partial charge in [0.2, 0.25) is 10.0 Å². The molecule has 0 saturated heterocycles. The second-order valence-corrected chi connectivity index (χ2v) is 5.79. The minimum absolute atomic E-state index is 0.00473. The van der Waals surface area contributed by atoms with Crippen molar-refractivity contribution in [3.8, 4) is 0 Å². The van der Waals surface area contributed by atoms with E-state index >= 15 is 0 Å². The van der Waals surface area contributed by atoms with E-state index in [9.17, 15) is 8.42 Å². The predicted octanol–water partition coefficient (Wildman–Crippen LogP) is -0.388. The largest absolute Gasteiger partial charge is 0.383 e. The summed E-state index contributed by atoms with van der Waals surface area (Å²) in [6.07, 6.45) is 2.93. The molecule has 0 radical (unpaired) electrons. The standard InChI is InChI=1S/C9H19N5O2S/c1-14(2)6-4-3-5-12-17(15,16)8-7-11-13-9(8)10/h7,12H,3-6H2,1-2H3,(H3,10,11,13). The lowest BCUT2D eigenvalue weighted by atomic mass is 10.3. The van der Waals surface area contributed by atoms with Crippen molar-refractivity contribution in [3.63, 3.8) is 0 Å². The van der Waals surface area contributed by atoms with Crippen molar-refractivity contribution in [3.05, 3.63) is 6.20 Å². The fourth-order valence-electron chi connectivity index (χ4n) is 1.34. The van der Waals surface area contributed by atoms with Gasteiger partial charge in [0.05, 0.1) is 6.20 Å². The van der Waals surface area contributed by atoms with Crippen LogP contribution in [0.1, 0.15) is 12.8 Å². The van der Waals surface area contributed by atoms with E-state index in [0.717, 1.165) is 19.4 Å². The smallest absolute Gasteiger partial charge is 0.245 e. The van der Waals surface area contributed by atoms with Crippen LogP contribution in [0.15, 0.2) is 11.1 Å². The molecule has 4 N–H and O–H groups in total. The van der Waals surface area contributed by atoms with Crippen LogP contribution in [-0.2, 0) is 10.0 Å². The van der Waals surface area contributed by atoms with Crippen LogP contribution in [0.4, 0.5) is 5.82 Å². The molecule has 1 rings (SSSR count). The third-order valence-electron chi connectivity index (χ3n) is 2.25. The van der Waals surface area contributed by atoms with E-state index in [0.29, 0.717) is 6.54 Å². The van der Waals surface area contributed by atoms with Gasteiger partial charge in [0.1, 0.15) is 10.7 Å². The number of nitrogen functional groups attached to an aromatic ring is 1. The molecule has 0 aliphatic rings. The molecule has 8 heteroatoms. The predicted molar refractivity (Wildman–Crippen MR) is 66.0 cm³/mol. The number of nitrogens with two attached hydrogens (primary N) is 1. The summed E-state index contributed by atoms with van der Waals surface area (Å²) >= 11 is 0. The number of hydrogen-bond acceptors (Lipinski definition) is 5. The molecule has 98 valence electrons. The van der Waals surface area contributed by atoms with Gasteiger partial charge in [-0.25, -0.2) is 13.1 Å². The Morgan fingerprint density at radius 1 is 1.47 bits per heavy atom. The van der Waals surface area contributed by atoms with E-state index in [-0.39, 0.29) is 10.7 Å². The lowest BCUT2D eigenvalue weighted by Crippen LogP contribution is -2.26. The van der Waals surface area contributed by atoms with E-state index < -0.39 is 10.0 Å². The first-order chi connectivity index (χ1) is 7.93. The molecule has 0 saturated carbocycles. The van der Waals surface area contributed by atoms with Crippen molar-refractivity contribution in [1.29, 1.82) is 0 Å². The molecule has 0 fully saturated rings. The van der Waals surface area contributed by atoms with Crippen LogP contribution < -0.4 is 10.5 Å². The average molecular weight is 261 g/mol. The maximum absolute atomic E-state index is 11.7. The van der Waals surface area contributed by atoms with Crippen molar-refractivity contribution < 1.29 is 8.42 Å². The number of anilines is 1. The third-order valence-corrected chi connectivity index (χ3v) is 3.73. The minimum Gasteiger partial charge on any atom is -0.383 e. The number of hydrogen-bond donors (Lipinski definition) is 3. The molecule has 0 atom stereocenters. The summed E-state index contributed by atoms with van der Waals surface area (Å²) < 4.78 is 26.0. The fraction of sp³-hybridized carbons (Fsp3) is 0.667. The maximum atomic E-state index is 11.7. The number of aromatic amines is 1. The second kappa shape index (κ2) is 5.99. The van der Waals surface area contributed by atoms with Gasteiger partial charge in [-0.3, -0.25) is 5.10 Å². The number of rotatable bonds is 7. The van der Waals surface area contributed by atoms with Crippen molar-refractivity contribution in [1.82, 2.24) is 19.8 Å². The summed E-state index contributed by atoms with van der Waals surface area (Å²) in [5.41, 5.74) is 5.45. The van der Waals surface area contributed by atoms with E-state index in [1.54, 1.807) is 0 Å². The van der Waals surface area contributed by atoms with Gasteiger partial charge < -0.3 is 10.6 Å². The van der Waals surface area contributed by atoms with E-state index in [1.807, 2.05) is 14.1 Å². The van der Waals surface area contributed by atoms with Gasteiger partial charge in [-0.2, -0.15) is 5.10 Å². The monoisotopic (exact) mass is 261 g/mol. The maximum Gasteiger partial charge on any atom is 0.245 e. The molecule has 0 bridgehead atoms. The first-order valence-electron chi connectivity index (χ1n) is 5.36. The van der Waals surface area contributed by atoms with Crippen LogP contribution in [0.3, 0.4) is 0 Å². The van der Waals surface area contributed by atoms with Gasteiger partial charge in [0.25, 0.3) is 0 Å². The Bertz CT molecular complexity index is 440. The summed E-state index contributed by atoms with van der Waals surface area (Å²) in [6.45, 7) is 1.34. The Kier molecular flexibility index (Phi) is 4.91. The lowest BCUT2D eigenvalue weighted by Gasteiger charge is -2.09. The Labute approximate surface area is 101 Å². The lowest BCUT2D eigenvalue weighted by molar-refractivity contribution is 0.394. The first-order valence-corrected chi connectivity index (χ1v) is 6.85. The topological polar surface area (TPSA) is 104 Å². The molecule has 7 nitrogen and oxygen atoms in total. The summed E-state index contributed by atoms with van der Waals surface area (Å²) in [4.78, 5) is 2.06. The second-order valence-electron chi connectivity index (χ2n) is 4.06. The molecule has 0 spiro atoms. The molecule has 17 heavy (non-hydrogen) atoms. The Hall–Kier alpha value is -1.12. The first kappa shape index (κ1) is 13.9. The highest BCUT2D eigenvalue weighted by Crippen LogP contribution is 2.13. The molecule has 1 aromatic rings. The highest BCUT2D eigenvalue weighted by Gasteiger charge is 2.18. The van der Waals surface area contributed by atoms with Crippen LogP contribution >= 0.6 is 0 Å². The zero-order chi connectivity index (χ0) is 12.9. The highest BCUT2D eigenvalue weighted by atomic mass is 32.2. The number of nitrogens with zero attached hydrogens (tertiary/aromatic N) is 2. The molecule has 0 unspecified atom stereocenters. The van der Waals surface area contributed by atoms with Crippen LogP contribution in [-0.4, -0.2) is 50.7 Å². The molecule has 0 aliphatic carbocycles. The van der Waals surface area contributed by atoms with Gasteiger partial charge in [-0.1, -0.05) is 0 Å². The normalized spacial score (nSPS) is 12.2. The number of H-pyrrole nitrogens is 1. The summed E-state index contributed by atoms with van der Waals surface area (Å²) in [7, 11) is 0.434. The summed E-state index contributed by atoms with van der Waals surface area (Å²) in [5, 5.41) is 5.97. The zero-order valence-corrected chi connectivity index (χ0v) is 10.9. The molecule has 1 heterocycles. The van der Waals surface area contributed by atoms with Gasteiger partial charge in [0, 0.05) is 6.54 Å². The number of nitrogens with one attached hydrogen (secondary N) is 2. The number of sulfonamides is 1. The molecular weight excluding hydrogens is 242 g/mol. The van der Waals surface area contributed by atoms with Crippen molar-refractivity contribution in [2.75, 3.05) is 32.9 Å². The van der Waals surface area contributed by atoms with Gasteiger partial charge >= 0.3 is 0 Å². The van der Waals surface area contributed by atoms with Gasteiger partial charge in [-0.05, 0) is 33.5 Å². The van der Waals surface area contributed by atoms with E-state index in [1.165, 1.54) is 6.20 Å². The van der Waals surface area contributed by atoms with Crippen molar-refractivity contribution in [2.24, 2.45) is 0 Å². The van der Waals surface area contributed by atoms with E-state index in [4.69, 9.17) is 5.73 Å². The summed E-state index contributed by atoms with van der Waals surface area (Å²) in [6, 6.07) is 0. The molecule has 0 aliphatic heterocycles. The Balaban J connectivity index is 2.39. The molecule has 1 aromatic heterocycles. The third kappa shape index (κ3) is 4.33. The van der Waals surface area contributed by atoms with E-state index in [2.05, 4.69) is 19.8 Å². The Morgan fingerprint density at radius 2 is 2.18 bits per heavy atom. The number of aromatic nitrogens is 2. The summed E-state index contributed by atoms with van der Waals surface area (Å²) in [5.74, 6) is 0.0609. The van der Waals surface area contributed by atoms with Gasteiger partial charge in [0.15, 0.2) is 0 Å². The minimum atomic E-state index is -3.53. The van der Waals surface area contributed by atoms with Crippen molar-refractivity contribution >= 4 is 15.8 Å². The number of unbranched alkanes of at least 4 members (excludes halogenated alkanes) is 1. The fourth-order valence-corrected chi connectivity index (χ4v) is 2.43. The quantitative estimate of drug-likeness (QED) is 0.580. The Morgan fingerprint density at radius 3 is 2.71 bits per heavy atom. The molecular formula is C9H19N5O2S. The molecule has 0 amide bonds. The molecule has 0 aromatic carbocycles. The van der Waals surface area contributed by atoms with Crippen LogP contribution in [0.25, 0.3) is 0 Å². The SMILES string of the molecule is CN(C)CCCCNS(=O)(=O)c1cn[nH]c1N.